The maximum absolute atomic E-state index is 10.8. The number of hydrogen-bond acceptors (Lipinski definition) is 4. The molecule has 0 heterocycles. The first kappa shape index (κ1) is 13.9. The third-order valence-electron chi connectivity index (χ3n) is 3.12. The molecule has 0 aromatic heterocycles. The fourth-order valence-electron chi connectivity index (χ4n) is 2.00. The van der Waals surface area contributed by atoms with Crippen LogP contribution in [0.3, 0.4) is 0 Å². The topological polar surface area (TPSA) is 78.4 Å². The van der Waals surface area contributed by atoms with Crippen molar-refractivity contribution in [1.29, 1.82) is 0 Å². The Morgan fingerprint density at radius 2 is 1.80 bits per heavy atom. The van der Waals surface area contributed by atoms with E-state index in [9.17, 15) is 10.1 Å². The van der Waals surface area contributed by atoms with Crippen LogP contribution in [0.1, 0.15) is 16.7 Å². The Bertz CT molecular complexity index is 681. The van der Waals surface area contributed by atoms with E-state index in [1.165, 1.54) is 12.1 Å². The summed E-state index contributed by atoms with van der Waals surface area (Å²) >= 11 is 0. The Morgan fingerprint density at radius 3 is 2.45 bits per heavy atom. The first-order valence-electron chi connectivity index (χ1n) is 6.17. The van der Waals surface area contributed by atoms with Crippen LogP contribution in [0.25, 0.3) is 0 Å². The highest BCUT2D eigenvalue weighted by molar-refractivity contribution is 5.55. The number of nitrogens with two attached hydrogens (primary N) is 1. The van der Waals surface area contributed by atoms with E-state index in [2.05, 4.69) is 6.07 Å². The molecule has 2 aromatic carbocycles. The van der Waals surface area contributed by atoms with E-state index >= 15 is 0 Å². The maximum atomic E-state index is 10.8. The van der Waals surface area contributed by atoms with Crippen molar-refractivity contribution in [3.05, 3.63) is 57.1 Å². The summed E-state index contributed by atoms with van der Waals surface area (Å²) in [6.45, 7) is 5.92. The third-order valence-corrected chi connectivity index (χ3v) is 3.12. The fourth-order valence-corrected chi connectivity index (χ4v) is 2.00. The average Bonchev–Trinajstić information content (AvgIpc) is 2.34. The first-order valence-corrected chi connectivity index (χ1v) is 6.17. The molecule has 0 fully saturated rings. The number of ether oxygens (including phenoxy) is 1. The molecule has 20 heavy (non-hydrogen) atoms. The number of anilines is 1. The van der Waals surface area contributed by atoms with Crippen molar-refractivity contribution in [3.63, 3.8) is 0 Å². The van der Waals surface area contributed by atoms with Crippen molar-refractivity contribution in [2.75, 3.05) is 5.73 Å². The molecule has 0 spiro atoms. The van der Waals surface area contributed by atoms with E-state index < -0.39 is 4.92 Å². The molecule has 0 saturated heterocycles. The summed E-state index contributed by atoms with van der Waals surface area (Å²) in [4.78, 5) is 10.3. The number of rotatable bonds is 3. The van der Waals surface area contributed by atoms with Gasteiger partial charge in [0.05, 0.1) is 11.0 Å². The maximum Gasteiger partial charge on any atom is 0.275 e. The summed E-state index contributed by atoms with van der Waals surface area (Å²) in [7, 11) is 0. The van der Waals surface area contributed by atoms with Crippen molar-refractivity contribution < 1.29 is 9.66 Å². The van der Waals surface area contributed by atoms with Crippen LogP contribution in [0.5, 0.6) is 11.5 Å². The van der Waals surface area contributed by atoms with Crippen LogP contribution in [-0.2, 0) is 0 Å². The molecule has 0 aliphatic carbocycles. The second-order valence-electron chi connectivity index (χ2n) is 4.82. The molecule has 5 nitrogen and oxygen atoms in total. The lowest BCUT2D eigenvalue weighted by molar-refractivity contribution is -0.384. The molecule has 0 aliphatic heterocycles. The van der Waals surface area contributed by atoms with Crippen LogP contribution >= 0.6 is 0 Å². The van der Waals surface area contributed by atoms with Gasteiger partial charge in [-0.15, -0.1) is 0 Å². The molecule has 104 valence electrons. The molecule has 0 amide bonds. The Balaban J connectivity index is 2.42. The standard InChI is InChI=1S/C15H16N2O3/c1-9-4-10(2)11(3)15(5-9)20-14-7-12(16)6-13(8-14)17(18)19/h4-8H,16H2,1-3H3. The lowest BCUT2D eigenvalue weighted by Gasteiger charge is -2.12. The first-order chi connectivity index (χ1) is 9.36. The number of nitro benzene ring substituents is 1. The molecule has 2 rings (SSSR count). The van der Waals surface area contributed by atoms with Gasteiger partial charge in [0.25, 0.3) is 5.69 Å². The summed E-state index contributed by atoms with van der Waals surface area (Å²) < 4.78 is 5.76. The second-order valence-corrected chi connectivity index (χ2v) is 4.82. The van der Waals surface area contributed by atoms with Crippen LogP contribution < -0.4 is 10.5 Å². The molecule has 5 heteroatoms. The lowest BCUT2D eigenvalue weighted by atomic mass is 10.1. The highest BCUT2D eigenvalue weighted by Gasteiger charge is 2.11. The normalized spacial score (nSPS) is 10.3. The highest BCUT2D eigenvalue weighted by Crippen LogP contribution is 2.31. The molecule has 2 N–H and O–H groups in total. The Kier molecular flexibility index (Phi) is 3.61. The molecular weight excluding hydrogens is 256 g/mol. The Morgan fingerprint density at radius 1 is 1.10 bits per heavy atom. The smallest absolute Gasteiger partial charge is 0.275 e. The fraction of sp³-hybridized carbons (Fsp3) is 0.200. The van der Waals surface area contributed by atoms with Crippen molar-refractivity contribution in [2.24, 2.45) is 0 Å². The average molecular weight is 272 g/mol. The van der Waals surface area contributed by atoms with E-state index in [1.54, 1.807) is 6.07 Å². The van der Waals surface area contributed by atoms with Gasteiger partial charge in [-0.3, -0.25) is 10.1 Å². The predicted octanol–water partition coefficient (Wildman–Crippen LogP) is 3.89. The molecule has 0 saturated carbocycles. The zero-order valence-corrected chi connectivity index (χ0v) is 11.6. The number of non-ortho nitro benzene ring substituents is 1. The van der Waals surface area contributed by atoms with Crippen LogP contribution in [0, 0.1) is 30.9 Å². The van der Waals surface area contributed by atoms with Gasteiger partial charge < -0.3 is 10.5 Å². The number of nitro groups is 1. The summed E-state index contributed by atoms with van der Waals surface area (Å²) in [5.74, 6) is 1.05. The van der Waals surface area contributed by atoms with E-state index in [-0.39, 0.29) is 5.69 Å². The van der Waals surface area contributed by atoms with Crippen LogP contribution in [0.2, 0.25) is 0 Å². The number of benzene rings is 2. The molecule has 0 aliphatic rings. The SMILES string of the molecule is Cc1cc(C)c(C)c(Oc2cc(N)cc([N+](=O)[O-])c2)c1. The number of nitrogen functional groups attached to an aromatic ring is 1. The molecule has 0 unspecified atom stereocenters. The zero-order valence-electron chi connectivity index (χ0n) is 11.6. The van der Waals surface area contributed by atoms with Crippen LogP contribution in [-0.4, -0.2) is 4.92 Å². The largest absolute Gasteiger partial charge is 0.457 e. The minimum atomic E-state index is -0.489. The number of aryl methyl sites for hydroxylation is 2. The molecule has 2 aromatic rings. The van der Waals surface area contributed by atoms with Gasteiger partial charge in [-0.05, 0) is 43.5 Å². The van der Waals surface area contributed by atoms with Gasteiger partial charge in [-0.25, -0.2) is 0 Å². The van der Waals surface area contributed by atoms with Gasteiger partial charge in [0.2, 0.25) is 0 Å². The van der Waals surface area contributed by atoms with E-state index in [0.29, 0.717) is 17.2 Å². The summed E-state index contributed by atoms with van der Waals surface area (Å²) in [6, 6.07) is 8.21. The van der Waals surface area contributed by atoms with Crippen molar-refractivity contribution in [1.82, 2.24) is 0 Å². The van der Waals surface area contributed by atoms with Gasteiger partial charge >= 0.3 is 0 Å². The predicted molar refractivity (Wildman–Crippen MR) is 78.2 cm³/mol. The van der Waals surface area contributed by atoms with Crippen LogP contribution in [0.15, 0.2) is 30.3 Å². The van der Waals surface area contributed by atoms with Gasteiger partial charge in [0.1, 0.15) is 11.5 Å². The molecular formula is C15H16N2O3. The van der Waals surface area contributed by atoms with Gasteiger partial charge in [-0.2, -0.15) is 0 Å². The van der Waals surface area contributed by atoms with Crippen molar-refractivity contribution in [3.8, 4) is 11.5 Å². The molecule has 0 atom stereocenters. The number of hydrogen-bond donors (Lipinski definition) is 1. The van der Waals surface area contributed by atoms with E-state index in [0.717, 1.165) is 16.7 Å². The lowest BCUT2D eigenvalue weighted by Crippen LogP contribution is -1.95. The van der Waals surface area contributed by atoms with Gasteiger partial charge in [0, 0.05) is 17.8 Å². The van der Waals surface area contributed by atoms with Gasteiger partial charge in [-0.1, -0.05) is 6.07 Å². The quantitative estimate of drug-likeness (QED) is 0.522. The minimum Gasteiger partial charge on any atom is -0.457 e. The Hall–Kier alpha value is -2.56. The van der Waals surface area contributed by atoms with E-state index in [4.69, 9.17) is 10.5 Å². The summed E-state index contributed by atoms with van der Waals surface area (Å²) in [6.07, 6.45) is 0. The second kappa shape index (κ2) is 5.21. The monoisotopic (exact) mass is 272 g/mol. The molecule has 0 bridgehead atoms. The van der Waals surface area contributed by atoms with E-state index in [1.807, 2.05) is 26.8 Å². The van der Waals surface area contributed by atoms with Crippen molar-refractivity contribution in [2.45, 2.75) is 20.8 Å². The Labute approximate surface area is 117 Å². The van der Waals surface area contributed by atoms with Gasteiger partial charge in [0.15, 0.2) is 0 Å². The minimum absolute atomic E-state index is 0.0815. The number of nitrogens with zero attached hydrogens (tertiary/aromatic N) is 1. The van der Waals surface area contributed by atoms with Crippen molar-refractivity contribution >= 4 is 11.4 Å². The third kappa shape index (κ3) is 2.88. The van der Waals surface area contributed by atoms with Crippen LogP contribution in [0.4, 0.5) is 11.4 Å². The summed E-state index contributed by atoms with van der Waals surface area (Å²) in [5.41, 5.74) is 9.07. The zero-order chi connectivity index (χ0) is 14.9. The molecule has 0 radical (unpaired) electrons. The highest BCUT2D eigenvalue weighted by atomic mass is 16.6. The summed E-state index contributed by atoms with van der Waals surface area (Å²) in [5, 5.41) is 10.8.